The Morgan fingerprint density at radius 2 is 1.88 bits per heavy atom. The van der Waals surface area contributed by atoms with Crippen LogP contribution in [0.1, 0.15) is 68.5 Å². The number of ether oxygens (including phenoxy) is 3. The number of methoxy groups -OCH3 is 1. The maximum absolute atomic E-state index is 15.9. The van der Waals surface area contributed by atoms with Crippen LogP contribution in [0.15, 0.2) is 30.5 Å². The molecule has 2 aliphatic heterocycles. The van der Waals surface area contributed by atoms with Crippen molar-refractivity contribution in [1.82, 2.24) is 19.4 Å². The summed E-state index contributed by atoms with van der Waals surface area (Å²) in [4.78, 5) is 39.4. The molecule has 1 amide bonds. The van der Waals surface area contributed by atoms with E-state index in [9.17, 15) is 14.7 Å². The summed E-state index contributed by atoms with van der Waals surface area (Å²) in [6, 6.07) is 7.44. The SMILES string of the molecule is COCCC(=O)N1CCCN(c2cc(-c3cc4c(-c5cc(F)c6c(c5C)CCCO6)c(C(OC(C)(C)C)C(=O)O)c(C)nc4n3C)ccn2)CC1. The van der Waals surface area contributed by atoms with Crippen molar-refractivity contribution in [2.45, 2.75) is 72.0 Å². The van der Waals surface area contributed by atoms with E-state index in [0.29, 0.717) is 79.1 Å². The first kappa shape index (κ1) is 36.2. The van der Waals surface area contributed by atoms with Crippen LogP contribution in [-0.4, -0.2) is 88.5 Å². The number of hydrogen-bond acceptors (Lipinski definition) is 8. The third-order valence-electron chi connectivity index (χ3n) is 9.80. The lowest BCUT2D eigenvalue weighted by molar-refractivity contribution is -0.160. The second-order valence-corrected chi connectivity index (χ2v) is 14.4. The molecule has 0 saturated carbocycles. The molecule has 51 heavy (non-hydrogen) atoms. The van der Waals surface area contributed by atoms with Crippen LogP contribution < -0.4 is 9.64 Å². The number of carbonyl (C=O) groups excluding carboxylic acids is 1. The third-order valence-corrected chi connectivity index (χ3v) is 9.80. The van der Waals surface area contributed by atoms with E-state index in [-0.39, 0.29) is 11.7 Å². The second kappa shape index (κ2) is 14.6. The standard InChI is InChI=1S/C39H48FN5O6/c1-23-26-10-8-18-50-35(26)29(40)21-27(23)34-28-22-30(43(6)37(28)42-24(2)33(34)36(38(47)48)51-39(3,4)5)25-11-13-41-31(20-25)44-14-9-15-45(17-16-44)32(46)12-19-49-7/h11,13,20-22,36H,8-10,12,14-19H2,1-7H3,(H,47,48). The number of aromatic nitrogens is 3. The number of amides is 1. The normalized spacial score (nSPS) is 15.8. The highest BCUT2D eigenvalue weighted by Gasteiger charge is 2.34. The zero-order valence-corrected chi connectivity index (χ0v) is 30.6. The van der Waals surface area contributed by atoms with Gasteiger partial charge in [-0.15, -0.1) is 0 Å². The summed E-state index contributed by atoms with van der Waals surface area (Å²) in [7, 11) is 3.53. The third kappa shape index (κ3) is 7.30. The van der Waals surface area contributed by atoms with Gasteiger partial charge in [0.1, 0.15) is 11.5 Å². The van der Waals surface area contributed by atoms with E-state index in [1.165, 1.54) is 6.07 Å². The van der Waals surface area contributed by atoms with E-state index in [1.807, 2.05) is 62.4 Å². The molecule has 0 spiro atoms. The molecule has 5 heterocycles. The van der Waals surface area contributed by atoms with Crippen LogP contribution in [0.4, 0.5) is 10.2 Å². The second-order valence-electron chi connectivity index (χ2n) is 14.4. The molecular weight excluding hydrogens is 653 g/mol. The smallest absolute Gasteiger partial charge is 0.337 e. The quantitative estimate of drug-likeness (QED) is 0.212. The van der Waals surface area contributed by atoms with Gasteiger partial charge in [0, 0.05) is 79.9 Å². The Morgan fingerprint density at radius 3 is 2.61 bits per heavy atom. The number of fused-ring (bicyclic) bond motifs is 2. The molecule has 1 fully saturated rings. The molecule has 2 aliphatic rings. The number of carboxylic acids is 1. The fraction of sp³-hybridized carbons (Fsp3) is 0.487. The van der Waals surface area contributed by atoms with Crippen LogP contribution in [0.5, 0.6) is 5.75 Å². The van der Waals surface area contributed by atoms with Crippen molar-refractivity contribution in [3.05, 3.63) is 58.7 Å². The molecule has 272 valence electrons. The van der Waals surface area contributed by atoms with E-state index in [0.717, 1.165) is 47.6 Å². The average molecular weight is 702 g/mol. The summed E-state index contributed by atoms with van der Waals surface area (Å²) in [6.07, 6.45) is 3.02. The highest BCUT2D eigenvalue weighted by atomic mass is 19.1. The van der Waals surface area contributed by atoms with Gasteiger partial charge in [-0.05, 0) is 89.3 Å². The molecule has 1 N–H and O–H groups in total. The van der Waals surface area contributed by atoms with Crippen LogP contribution in [0.25, 0.3) is 33.4 Å². The van der Waals surface area contributed by atoms with Crippen molar-refractivity contribution in [1.29, 1.82) is 0 Å². The van der Waals surface area contributed by atoms with Crippen molar-refractivity contribution in [3.63, 3.8) is 0 Å². The number of rotatable bonds is 9. The Kier molecular flexibility index (Phi) is 10.4. The fourth-order valence-electron chi connectivity index (χ4n) is 7.34. The van der Waals surface area contributed by atoms with Gasteiger partial charge in [0.05, 0.1) is 30.9 Å². The summed E-state index contributed by atoms with van der Waals surface area (Å²) in [5, 5.41) is 11.3. The molecule has 11 nitrogen and oxygen atoms in total. The van der Waals surface area contributed by atoms with Gasteiger partial charge in [0.2, 0.25) is 5.91 Å². The highest BCUT2D eigenvalue weighted by molar-refractivity contribution is 6.01. The highest BCUT2D eigenvalue weighted by Crippen LogP contribution is 2.45. The minimum atomic E-state index is -1.35. The molecule has 0 radical (unpaired) electrons. The van der Waals surface area contributed by atoms with Gasteiger partial charge >= 0.3 is 5.97 Å². The largest absolute Gasteiger partial charge is 0.490 e. The number of carbonyl (C=O) groups is 2. The Labute approximate surface area is 298 Å². The van der Waals surface area contributed by atoms with Crippen LogP contribution in [0.3, 0.4) is 0 Å². The number of carboxylic acid groups (broad SMARTS) is 1. The number of aliphatic carboxylic acids is 1. The van der Waals surface area contributed by atoms with Gasteiger partial charge in [-0.3, -0.25) is 4.79 Å². The maximum atomic E-state index is 15.9. The van der Waals surface area contributed by atoms with Crippen molar-refractivity contribution >= 4 is 28.7 Å². The predicted octanol–water partition coefficient (Wildman–Crippen LogP) is 6.40. The summed E-state index contributed by atoms with van der Waals surface area (Å²) in [6.45, 7) is 12.7. The molecular formula is C39H48FN5O6. The van der Waals surface area contributed by atoms with E-state index < -0.39 is 23.5 Å². The molecule has 1 aromatic carbocycles. The van der Waals surface area contributed by atoms with E-state index >= 15 is 4.39 Å². The molecule has 6 rings (SSSR count). The minimum Gasteiger partial charge on any atom is -0.490 e. The number of aryl methyl sites for hydroxylation is 2. The first-order valence-corrected chi connectivity index (χ1v) is 17.6. The summed E-state index contributed by atoms with van der Waals surface area (Å²) < 4.78 is 34.9. The van der Waals surface area contributed by atoms with Gasteiger partial charge in [-0.1, -0.05) is 0 Å². The average Bonchev–Trinajstić information content (AvgIpc) is 3.25. The topological polar surface area (TPSA) is 119 Å². The van der Waals surface area contributed by atoms with E-state index in [2.05, 4.69) is 4.90 Å². The monoisotopic (exact) mass is 701 g/mol. The van der Waals surface area contributed by atoms with Crippen molar-refractivity contribution in [3.8, 4) is 28.1 Å². The van der Waals surface area contributed by atoms with Crippen molar-refractivity contribution in [2.24, 2.45) is 7.05 Å². The Balaban J connectivity index is 1.49. The number of benzene rings is 1. The first-order chi connectivity index (χ1) is 24.3. The van der Waals surface area contributed by atoms with Crippen LogP contribution in [-0.2, 0) is 32.5 Å². The van der Waals surface area contributed by atoms with Crippen LogP contribution in [0, 0.1) is 19.7 Å². The molecule has 0 aliphatic carbocycles. The zero-order valence-electron chi connectivity index (χ0n) is 30.6. The Bertz CT molecular complexity index is 1970. The molecule has 1 atom stereocenters. The first-order valence-electron chi connectivity index (χ1n) is 17.6. The van der Waals surface area contributed by atoms with E-state index in [4.69, 9.17) is 24.2 Å². The molecule has 4 aromatic rings. The van der Waals surface area contributed by atoms with Gasteiger partial charge < -0.3 is 33.7 Å². The lowest BCUT2D eigenvalue weighted by Crippen LogP contribution is -2.35. The lowest BCUT2D eigenvalue weighted by Gasteiger charge is -2.29. The molecule has 1 saturated heterocycles. The van der Waals surface area contributed by atoms with Gasteiger partial charge in [-0.2, -0.15) is 0 Å². The number of halogens is 1. The number of hydrogen-bond donors (Lipinski definition) is 1. The number of pyridine rings is 2. The summed E-state index contributed by atoms with van der Waals surface area (Å²) in [5.74, 6) is -0.476. The molecule has 0 bridgehead atoms. The van der Waals surface area contributed by atoms with Gasteiger partial charge in [0.25, 0.3) is 0 Å². The maximum Gasteiger partial charge on any atom is 0.337 e. The summed E-state index contributed by atoms with van der Waals surface area (Å²) >= 11 is 0. The molecule has 1 unspecified atom stereocenters. The Hall–Kier alpha value is -4.55. The van der Waals surface area contributed by atoms with Gasteiger partial charge in [0.15, 0.2) is 17.7 Å². The fourth-order valence-corrected chi connectivity index (χ4v) is 7.34. The number of anilines is 1. The molecule has 3 aromatic heterocycles. The number of nitrogens with zero attached hydrogens (tertiary/aromatic N) is 5. The zero-order chi connectivity index (χ0) is 36.6. The molecule has 12 heteroatoms. The van der Waals surface area contributed by atoms with Gasteiger partial charge in [-0.25, -0.2) is 19.2 Å². The van der Waals surface area contributed by atoms with E-state index in [1.54, 1.807) is 20.2 Å². The Morgan fingerprint density at radius 1 is 1.10 bits per heavy atom. The van der Waals surface area contributed by atoms with Crippen molar-refractivity contribution < 1.29 is 33.3 Å². The summed E-state index contributed by atoms with van der Waals surface area (Å²) in [5.41, 5.74) is 5.26. The lowest BCUT2D eigenvalue weighted by atomic mass is 9.86. The minimum absolute atomic E-state index is 0.0912. The van der Waals surface area contributed by atoms with Crippen LogP contribution in [0.2, 0.25) is 0 Å². The van der Waals surface area contributed by atoms with Crippen molar-refractivity contribution in [2.75, 3.05) is 51.4 Å². The van der Waals surface area contributed by atoms with Crippen LogP contribution >= 0.6 is 0 Å². The predicted molar refractivity (Wildman–Crippen MR) is 194 cm³/mol.